The van der Waals surface area contributed by atoms with Crippen molar-refractivity contribution in [1.29, 1.82) is 0 Å². The second kappa shape index (κ2) is 8.05. The minimum absolute atomic E-state index is 0.0246. The van der Waals surface area contributed by atoms with Crippen molar-refractivity contribution < 1.29 is 35.5 Å². The van der Waals surface area contributed by atoms with Crippen LogP contribution in [-0.2, 0) is 20.2 Å². The Bertz CT molecular complexity index is 1500. The molecule has 0 unspecified atom stereocenters. The van der Waals surface area contributed by atoms with Crippen LogP contribution in [0, 0.1) is 0 Å². The molecule has 3 aromatic rings. The van der Waals surface area contributed by atoms with Crippen molar-refractivity contribution in [2.24, 2.45) is 0 Å². The monoisotopic (exact) mass is 485 g/mol. The molecule has 0 aliphatic carbocycles. The Morgan fingerprint density at radius 3 is 1.79 bits per heavy atom. The number of benzene rings is 3. The highest BCUT2D eigenvalue weighted by molar-refractivity contribution is 7.86. The summed E-state index contributed by atoms with van der Waals surface area (Å²) in [5.74, 6) is -1.22. The summed E-state index contributed by atoms with van der Waals surface area (Å²) in [6.07, 6.45) is 2.82. The zero-order valence-electron chi connectivity index (χ0n) is 16.6. The fourth-order valence-electron chi connectivity index (χ4n) is 3.38. The minimum atomic E-state index is -4.73. The van der Waals surface area contributed by atoms with Gasteiger partial charge in [-0.3, -0.25) is 18.7 Å². The Balaban J connectivity index is 1.71. The Labute approximate surface area is 189 Å². The van der Waals surface area contributed by atoms with Crippen molar-refractivity contribution in [3.63, 3.8) is 0 Å². The third-order valence-electron chi connectivity index (χ3n) is 4.96. The van der Waals surface area contributed by atoms with Crippen LogP contribution >= 0.6 is 0 Å². The molecule has 168 valence electrons. The molecule has 0 bridgehead atoms. The maximum atomic E-state index is 12.7. The Kier molecular flexibility index (Phi) is 5.50. The number of hydrogen-bond acceptors (Lipinski definition) is 6. The third kappa shape index (κ3) is 4.34. The van der Waals surface area contributed by atoms with Gasteiger partial charge in [0.15, 0.2) is 0 Å². The Morgan fingerprint density at radius 1 is 0.697 bits per heavy atom. The normalized spacial score (nSPS) is 14.2. The summed E-state index contributed by atoms with van der Waals surface area (Å²) < 4.78 is 65.0. The number of hydrogen-bond donors (Lipinski definition) is 2. The molecule has 1 heterocycles. The summed E-state index contributed by atoms with van der Waals surface area (Å²) in [5, 5.41) is 0. The lowest BCUT2D eigenvalue weighted by atomic mass is 10.1. The largest absolute Gasteiger partial charge is 0.295 e. The molecular formula is C22H15NO8S2. The molecule has 2 N–H and O–H groups in total. The lowest BCUT2D eigenvalue weighted by Gasteiger charge is -2.15. The molecule has 2 amide bonds. The van der Waals surface area contributed by atoms with Gasteiger partial charge in [-0.15, -0.1) is 0 Å². The fraction of sp³-hybridized carbons (Fsp3) is 0. The summed E-state index contributed by atoms with van der Waals surface area (Å²) in [4.78, 5) is 25.4. The fourth-order valence-corrected chi connectivity index (χ4v) is 4.57. The van der Waals surface area contributed by atoms with Crippen LogP contribution in [-0.4, -0.2) is 37.8 Å². The van der Waals surface area contributed by atoms with Crippen molar-refractivity contribution in [1.82, 2.24) is 0 Å². The average molecular weight is 485 g/mol. The molecule has 0 atom stereocenters. The maximum Gasteiger partial charge on any atom is 0.295 e. The number of anilines is 1. The van der Waals surface area contributed by atoms with Gasteiger partial charge >= 0.3 is 0 Å². The van der Waals surface area contributed by atoms with Crippen molar-refractivity contribution in [2.45, 2.75) is 9.79 Å². The number of amides is 2. The first-order chi connectivity index (χ1) is 15.5. The zero-order chi connectivity index (χ0) is 24.0. The summed E-state index contributed by atoms with van der Waals surface area (Å²) in [6.45, 7) is 0. The van der Waals surface area contributed by atoms with Gasteiger partial charge in [-0.2, -0.15) is 16.8 Å². The van der Waals surface area contributed by atoms with Gasteiger partial charge in [0.25, 0.3) is 32.1 Å². The van der Waals surface area contributed by atoms with Gasteiger partial charge in [0.1, 0.15) is 4.90 Å². The third-order valence-corrected chi connectivity index (χ3v) is 6.74. The van der Waals surface area contributed by atoms with Gasteiger partial charge in [-0.1, -0.05) is 42.5 Å². The number of nitrogens with zero attached hydrogens (tertiary/aromatic N) is 1. The van der Waals surface area contributed by atoms with E-state index >= 15 is 0 Å². The predicted molar refractivity (Wildman–Crippen MR) is 119 cm³/mol. The quantitative estimate of drug-likeness (QED) is 0.318. The highest BCUT2D eigenvalue weighted by Crippen LogP contribution is 2.31. The number of rotatable bonds is 5. The van der Waals surface area contributed by atoms with Crippen LogP contribution in [0.2, 0.25) is 0 Å². The van der Waals surface area contributed by atoms with Crippen LogP contribution in [0.5, 0.6) is 0 Å². The second-order valence-electron chi connectivity index (χ2n) is 7.07. The summed E-state index contributed by atoms with van der Waals surface area (Å²) >= 11 is 0. The molecule has 0 radical (unpaired) electrons. The van der Waals surface area contributed by atoms with Crippen LogP contribution in [0.3, 0.4) is 0 Å². The molecule has 1 aliphatic rings. The van der Waals surface area contributed by atoms with E-state index in [1.807, 2.05) is 0 Å². The minimum Gasteiger partial charge on any atom is -0.282 e. The number of imide groups is 1. The summed E-state index contributed by atoms with van der Waals surface area (Å²) in [7, 11) is -9.08. The van der Waals surface area contributed by atoms with Gasteiger partial charge in [0.05, 0.1) is 21.7 Å². The van der Waals surface area contributed by atoms with Crippen LogP contribution in [0.4, 0.5) is 5.69 Å². The summed E-state index contributed by atoms with van der Waals surface area (Å²) in [6, 6.07) is 15.0. The highest BCUT2D eigenvalue weighted by atomic mass is 32.2. The van der Waals surface area contributed by atoms with Crippen molar-refractivity contribution in [3.05, 3.63) is 89.0 Å². The molecule has 3 aromatic carbocycles. The summed E-state index contributed by atoms with van der Waals surface area (Å²) in [5.41, 5.74) is 0.898. The first kappa shape index (κ1) is 22.6. The molecule has 0 aromatic heterocycles. The first-order valence-electron chi connectivity index (χ1n) is 9.32. The van der Waals surface area contributed by atoms with Gasteiger partial charge in [0, 0.05) is 0 Å². The lowest BCUT2D eigenvalue weighted by Crippen LogP contribution is -2.29. The molecule has 9 nitrogen and oxygen atoms in total. The van der Waals surface area contributed by atoms with E-state index in [-0.39, 0.29) is 27.3 Å². The van der Waals surface area contributed by atoms with E-state index in [1.54, 1.807) is 12.1 Å². The van der Waals surface area contributed by atoms with Gasteiger partial charge in [-0.25, -0.2) is 4.90 Å². The molecule has 0 fully saturated rings. The predicted octanol–water partition coefficient (Wildman–Crippen LogP) is 3.15. The molecule has 33 heavy (non-hydrogen) atoms. The molecule has 0 saturated carbocycles. The Hall–Kier alpha value is -3.64. The Morgan fingerprint density at radius 2 is 1.27 bits per heavy atom. The standard InChI is InChI=1S/C22H15NO8S2/c24-21-18-3-1-2-4-19(18)22(25)23(21)16-10-9-15(20(13-16)33(29,30)31)8-5-14-6-11-17(12-7-14)32(26,27)28/h1-13H,(H,26,27,28)(H,29,30,31). The van der Waals surface area contributed by atoms with E-state index in [4.69, 9.17) is 4.55 Å². The zero-order valence-corrected chi connectivity index (χ0v) is 18.2. The second-order valence-corrected chi connectivity index (χ2v) is 9.88. The number of carbonyl (C=O) groups excluding carboxylic acids is 2. The molecule has 0 spiro atoms. The van der Waals surface area contributed by atoms with Crippen molar-refractivity contribution >= 4 is 49.9 Å². The van der Waals surface area contributed by atoms with Crippen LogP contribution in [0.1, 0.15) is 31.8 Å². The van der Waals surface area contributed by atoms with Gasteiger partial charge in [-0.05, 0) is 47.5 Å². The number of fused-ring (bicyclic) bond motifs is 1. The molecule has 0 saturated heterocycles. The lowest BCUT2D eigenvalue weighted by molar-refractivity contribution is 0.0926. The van der Waals surface area contributed by atoms with E-state index in [0.29, 0.717) is 5.56 Å². The highest BCUT2D eigenvalue weighted by Gasteiger charge is 2.36. The SMILES string of the molecule is O=C1c2ccccc2C(=O)N1c1ccc(C=Cc2ccc(S(=O)(=O)O)cc2)c(S(=O)(=O)O)c1. The smallest absolute Gasteiger partial charge is 0.282 e. The van der Waals surface area contributed by atoms with Gasteiger partial charge < -0.3 is 0 Å². The molecule has 11 heteroatoms. The molecule has 4 rings (SSSR count). The van der Waals surface area contributed by atoms with Crippen LogP contribution < -0.4 is 4.90 Å². The van der Waals surface area contributed by atoms with E-state index in [2.05, 4.69) is 0 Å². The van der Waals surface area contributed by atoms with Crippen LogP contribution in [0.25, 0.3) is 12.2 Å². The van der Waals surface area contributed by atoms with Gasteiger partial charge in [0.2, 0.25) is 0 Å². The maximum absolute atomic E-state index is 12.7. The van der Waals surface area contributed by atoms with Crippen molar-refractivity contribution in [3.8, 4) is 0 Å². The molecular weight excluding hydrogens is 470 g/mol. The van der Waals surface area contributed by atoms with Crippen molar-refractivity contribution in [2.75, 3.05) is 4.90 Å². The molecule has 1 aliphatic heterocycles. The van der Waals surface area contributed by atoms with E-state index in [1.165, 1.54) is 60.7 Å². The van der Waals surface area contributed by atoms with E-state index < -0.39 is 36.9 Å². The van der Waals surface area contributed by atoms with Crippen LogP contribution in [0.15, 0.2) is 76.5 Å². The number of carbonyl (C=O) groups is 2. The average Bonchev–Trinajstić information content (AvgIpc) is 3.02. The van der Waals surface area contributed by atoms with E-state index in [9.17, 15) is 31.0 Å². The first-order valence-corrected chi connectivity index (χ1v) is 12.2. The topological polar surface area (TPSA) is 146 Å². The van der Waals surface area contributed by atoms with E-state index in [0.717, 1.165) is 11.0 Å².